The molecule has 9 heteroatoms. The van der Waals surface area contributed by atoms with E-state index in [1.807, 2.05) is 18.2 Å². The fourth-order valence-electron chi connectivity index (χ4n) is 2.09. The summed E-state index contributed by atoms with van der Waals surface area (Å²) in [6, 6.07) is 10.3. The minimum atomic E-state index is -0.399. The summed E-state index contributed by atoms with van der Waals surface area (Å²) in [6.45, 7) is 0. The number of fused-ring (bicyclic) bond motifs is 2. The monoisotopic (exact) mass is 360 g/mol. The van der Waals surface area contributed by atoms with Crippen molar-refractivity contribution in [1.82, 2.24) is 9.97 Å². The molecule has 0 saturated heterocycles. The molecule has 114 valence electrons. The number of nitrogens with zero attached hydrogens (tertiary/aromatic N) is 3. The normalized spacial score (nSPS) is 11.3. The predicted octanol–water partition coefficient (Wildman–Crippen LogP) is 4.55. The number of nitrogen functional groups attached to an aromatic ring is 1. The molecule has 0 fully saturated rings. The van der Waals surface area contributed by atoms with Gasteiger partial charge in [0.1, 0.15) is 0 Å². The van der Waals surface area contributed by atoms with Crippen LogP contribution < -0.4 is 5.73 Å². The van der Waals surface area contributed by atoms with Crippen LogP contribution in [-0.2, 0) is 0 Å². The molecule has 0 atom stereocenters. The lowest BCUT2D eigenvalue weighted by Gasteiger charge is -1.88. The van der Waals surface area contributed by atoms with E-state index >= 15 is 0 Å². The van der Waals surface area contributed by atoms with Gasteiger partial charge in [-0.05, 0) is 36.0 Å². The van der Waals surface area contributed by atoms with E-state index in [4.69, 9.17) is 5.73 Å². The van der Waals surface area contributed by atoms with Crippen molar-refractivity contribution in [3.8, 4) is 0 Å². The van der Waals surface area contributed by atoms with Crippen molar-refractivity contribution in [2.45, 2.75) is 8.68 Å². The molecule has 2 heterocycles. The average Bonchev–Trinajstić information content (AvgIpc) is 3.08. The number of anilines is 1. The second-order valence-corrected chi connectivity index (χ2v) is 8.25. The molecule has 4 rings (SSSR count). The Bertz CT molecular complexity index is 1060. The number of hydrogen-bond donors (Lipinski definition) is 1. The maximum atomic E-state index is 10.8. The summed E-state index contributed by atoms with van der Waals surface area (Å²) in [7, 11) is 0. The molecule has 0 bridgehead atoms. The van der Waals surface area contributed by atoms with Crippen LogP contribution in [0.5, 0.6) is 0 Å². The van der Waals surface area contributed by atoms with E-state index in [1.54, 1.807) is 23.5 Å². The molecular weight excluding hydrogens is 352 g/mol. The zero-order valence-corrected chi connectivity index (χ0v) is 13.9. The summed E-state index contributed by atoms with van der Waals surface area (Å²) >= 11 is 4.44. The largest absolute Gasteiger partial charge is 0.399 e. The second kappa shape index (κ2) is 5.44. The van der Waals surface area contributed by atoms with Crippen LogP contribution >= 0.6 is 34.4 Å². The predicted molar refractivity (Wildman–Crippen MR) is 94.4 cm³/mol. The number of aromatic nitrogens is 2. The quantitative estimate of drug-likeness (QED) is 0.327. The zero-order chi connectivity index (χ0) is 16.0. The molecule has 2 N–H and O–H groups in total. The van der Waals surface area contributed by atoms with E-state index < -0.39 is 4.92 Å². The number of thiazole rings is 2. The van der Waals surface area contributed by atoms with Crippen molar-refractivity contribution in [2.24, 2.45) is 0 Å². The number of benzene rings is 2. The van der Waals surface area contributed by atoms with E-state index in [0.717, 1.165) is 29.1 Å². The Labute approximate surface area is 142 Å². The fraction of sp³-hybridized carbons (Fsp3) is 0. The molecule has 0 aliphatic heterocycles. The third-order valence-corrected chi connectivity index (χ3v) is 6.29. The molecule has 0 radical (unpaired) electrons. The Morgan fingerprint density at radius 1 is 1.00 bits per heavy atom. The summed E-state index contributed by atoms with van der Waals surface area (Å²) in [5.41, 5.74) is 8.24. The Morgan fingerprint density at radius 2 is 1.61 bits per heavy atom. The van der Waals surface area contributed by atoms with Crippen LogP contribution in [0.15, 0.2) is 45.1 Å². The lowest BCUT2D eigenvalue weighted by Crippen LogP contribution is -1.85. The molecule has 0 saturated carbocycles. The lowest BCUT2D eigenvalue weighted by atomic mass is 10.3. The van der Waals surface area contributed by atoms with Crippen LogP contribution in [0.4, 0.5) is 11.4 Å². The molecule has 0 amide bonds. The van der Waals surface area contributed by atoms with Crippen LogP contribution in [0.1, 0.15) is 0 Å². The first kappa shape index (κ1) is 14.4. The lowest BCUT2D eigenvalue weighted by molar-refractivity contribution is -0.384. The van der Waals surface area contributed by atoms with Crippen LogP contribution in [0.3, 0.4) is 0 Å². The van der Waals surface area contributed by atoms with Crippen LogP contribution in [0, 0.1) is 10.1 Å². The third-order valence-electron chi connectivity index (χ3n) is 3.13. The van der Waals surface area contributed by atoms with Crippen molar-refractivity contribution in [3.05, 3.63) is 46.5 Å². The van der Waals surface area contributed by atoms with Crippen LogP contribution in [0.25, 0.3) is 20.4 Å². The van der Waals surface area contributed by atoms with Gasteiger partial charge in [-0.3, -0.25) is 10.1 Å². The molecular formula is C14H8N4O2S3. The standard InChI is InChI=1S/C14H8N4O2S3/c15-7-1-3-9-11(5-7)21-13(16-9)23-14-17-10-4-2-8(18(19)20)6-12(10)22-14/h1-6H,15H2. The van der Waals surface area contributed by atoms with Gasteiger partial charge in [-0.1, -0.05) is 0 Å². The first-order valence-corrected chi connectivity index (χ1v) is 8.92. The summed E-state index contributed by atoms with van der Waals surface area (Å²) in [4.78, 5) is 19.5. The molecule has 0 spiro atoms. The number of nitro benzene ring substituents is 1. The van der Waals surface area contributed by atoms with Crippen molar-refractivity contribution < 1.29 is 4.92 Å². The molecule has 23 heavy (non-hydrogen) atoms. The summed E-state index contributed by atoms with van der Waals surface area (Å²) in [5.74, 6) is 0. The SMILES string of the molecule is Nc1ccc2nc(Sc3nc4ccc([N+](=O)[O-])cc4s3)sc2c1. The van der Waals surface area contributed by atoms with E-state index in [0.29, 0.717) is 5.69 Å². The molecule has 0 aliphatic rings. The number of nitrogens with two attached hydrogens (primary N) is 1. The Balaban J connectivity index is 1.69. The molecule has 6 nitrogen and oxygen atoms in total. The highest BCUT2D eigenvalue weighted by atomic mass is 32.2. The van der Waals surface area contributed by atoms with Gasteiger partial charge in [0.2, 0.25) is 0 Å². The molecule has 2 aromatic heterocycles. The fourth-order valence-corrected chi connectivity index (χ4v) is 5.50. The Kier molecular flexibility index (Phi) is 3.40. The maximum Gasteiger partial charge on any atom is 0.270 e. The van der Waals surface area contributed by atoms with Crippen LogP contribution in [0.2, 0.25) is 0 Å². The molecule has 2 aromatic carbocycles. The summed E-state index contributed by atoms with van der Waals surface area (Å²) in [5, 5.41) is 10.8. The first-order chi connectivity index (χ1) is 11.1. The molecule has 0 unspecified atom stereocenters. The average molecular weight is 360 g/mol. The van der Waals surface area contributed by atoms with Crippen molar-refractivity contribution in [2.75, 3.05) is 5.73 Å². The number of hydrogen-bond acceptors (Lipinski definition) is 8. The van der Waals surface area contributed by atoms with Gasteiger partial charge in [0.15, 0.2) is 8.68 Å². The summed E-state index contributed by atoms with van der Waals surface area (Å²) in [6.07, 6.45) is 0. The van der Waals surface area contributed by atoms with E-state index in [-0.39, 0.29) is 5.69 Å². The zero-order valence-electron chi connectivity index (χ0n) is 11.4. The minimum absolute atomic E-state index is 0.0770. The van der Waals surface area contributed by atoms with Gasteiger partial charge < -0.3 is 5.73 Å². The highest BCUT2D eigenvalue weighted by molar-refractivity contribution is 8.02. The highest BCUT2D eigenvalue weighted by Gasteiger charge is 2.13. The van der Waals surface area contributed by atoms with Gasteiger partial charge >= 0.3 is 0 Å². The van der Waals surface area contributed by atoms with Gasteiger partial charge in [0.05, 0.1) is 25.4 Å². The van der Waals surface area contributed by atoms with Gasteiger partial charge in [-0.25, -0.2) is 9.97 Å². The van der Waals surface area contributed by atoms with E-state index in [2.05, 4.69) is 9.97 Å². The highest BCUT2D eigenvalue weighted by Crippen LogP contribution is 2.39. The smallest absolute Gasteiger partial charge is 0.270 e. The van der Waals surface area contributed by atoms with E-state index in [9.17, 15) is 10.1 Å². The van der Waals surface area contributed by atoms with Crippen molar-refractivity contribution in [3.63, 3.8) is 0 Å². The van der Waals surface area contributed by atoms with Gasteiger partial charge in [-0.2, -0.15) is 0 Å². The third kappa shape index (κ3) is 2.74. The maximum absolute atomic E-state index is 10.8. The Morgan fingerprint density at radius 3 is 2.26 bits per heavy atom. The van der Waals surface area contributed by atoms with Gasteiger partial charge in [0, 0.05) is 17.8 Å². The Hall–Kier alpha value is -2.23. The van der Waals surface area contributed by atoms with E-state index in [1.165, 1.54) is 29.2 Å². The van der Waals surface area contributed by atoms with Crippen molar-refractivity contribution >= 4 is 66.2 Å². The first-order valence-electron chi connectivity index (χ1n) is 6.47. The molecule has 0 aliphatic carbocycles. The number of nitro groups is 1. The van der Waals surface area contributed by atoms with Crippen LogP contribution in [-0.4, -0.2) is 14.9 Å². The number of rotatable bonds is 3. The minimum Gasteiger partial charge on any atom is -0.399 e. The topological polar surface area (TPSA) is 94.9 Å². The second-order valence-electron chi connectivity index (χ2n) is 4.70. The molecule has 4 aromatic rings. The summed E-state index contributed by atoms with van der Waals surface area (Å²) < 4.78 is 3.52. The number of non-ortho nitro benzene ring substituents is 1. The van der Waals surface area contributed by atoms with Gasteiger partial charge in [-0.15, -0.1) is 22.7 Å². The van der Waals surface area contributed by atoms with Gasteiger partial charge in [0.25, 0.3) is 5.69 Å². The van der Waals surface area contributed by atoms with Crippen molar-refractivity contribution in [1.29, 1.82) is 0 Å².